The van der Waals surface area contributed by atoms with E-state index in [-0.39, 0.29) is 17.9 Å². The van der Waals surface area contributed by atoms with Crippen molar-refractivity contribution in [2.75, 3.05) is 13.7 Å². The third-order valence-corrected chi connectivity index (χ3v) is 2.62. The first kappa shape index (κ1) is 14.1. The lowest BCUT2D eigenvalue weighted by molar-refractivity contribution is 0.181. The molecule has 0 aliphatic carbocycles. The summed E-state index contributed by atoms with van der Waals surface area (Å²) in [4.78, 5) is 18.6. The normalized spacial score (nSPS) is 10.5. The van der Waals surface area contributed by atoms with E-state index >= 15 is 0 Å². The van der Waals surface area contributed by atoms with Crippen LogP contribution in [0.5, 0.6) is 11.5 Å². The summed E-state index contributed by atoms with van der Waals surface area (Å²) >= 11 is 0. The summed E-state index contributed by atoms with van der Waals surface area (Å²) < 4.78 is 10.3. The zero-order valence-corrected chi connectivity index (χ0v) is 11.3. The van der Waals surface area contributed by atoms with Crippen LogP contribution < -0.4 is 10.3 Å². The number of benzene rings is 1. The Bertz CT molecular complexity index is 652. The summed E-state index contributed by atoms with van der Waals surface area (Å²) in [6.07, 6.45) is 0. The first-order valence-corrected chi connectivity index (χ1v) is 6.19. The van der Waals surface area contributed by atoms with Crippen molar-refractivity contribution >= 4 is 0 Å². The third kappa shape index (κ3) is 3.16. The lowest BCUT2D eigenvalue weighted by atomic mass is 10.2. The van der Waals surface area contributed by atoms with Gasteiger partial charge in [0.05, 0.1) is 18.9 Å². The SMILES string of the molecule is CCOc1cc(-c2nc(COC)cc(=O)[nH]2)ccc1O. The van der Waals surface area contributed by atoms with E-state index in [1.165, 1.54) is 19.2 Å². The first-order chi connectivity index (χ1) is 9.63. The molecule has 0 saturated heterocycles. The molecule has 0 unspecified atom stereocenters. The lowest BCUT2D eigenvalue weighted by Gasteiger charge is -2.08. The first-order valence-electron chi connectivity index (χ1n) is 6.19. The Balaban J connectivity index is 2.45. The Morgan fingerprint density at radius 2 is 2.15 bits per heavy atom. The number of phenolic OH excluding ortho intramolecular Hbond substituents is 1. The molecule has 6 heteroatoms. The van der Waals surface area contributed by atoms with Gasteiger partial charge in [-0.15, -0.1) is 0 Å². The summed E-state index contributed by atoms with van der Waals surface area (Å²) in [6, 6.07) is 6.18. The summed E-state index contributed by atoms with van der Waals surface area (Å²) in [6.45, 7) is 2.52. The molecule has 20 heavy (non-hydrogen) atoms. The predicted molar refractivity (Wildman–Crippen MR) is 73.8 cm³/mol. The summed E-state index contributed by atoms with van der Waals surface area (Å²) in [5, 5.41) is 9.67. The number of aromatic hydroxyl groups is 1. The molecule has 2 aromatic rings. The van der Waals surface area contributed by atoms with Crippen molar-refractivity contribution in [3.8, 4) is 22.9 Å². The van der Waals surface area contributed by atoms with Crippen LogP contribution in [-0.2, 0) is 11.3 Å². The topological polar surface area (TPSA) is 84.4 Å². The monoisotopic (exact) mass is 276 g/mol. The molecule has 0 saturated carbocycles. The molecule has 106 valence electrons. The molecule has 0 fully saturated rings. The predicted octanol–water partition coefficient (Wildman–Crippen LogP) is 1.69. The van der Waals surface area contributed by atoms with Gasteiger partial charge in [0.2, 0.25) is 0 Å². The fraction of sp³-hybridized carbons (Fsp3) is 0.286. The molecule has 0 aliphatic heterocycles. The highest BCUT2D eigenvalue weighted by Crippen LogP contribution is 2.30. The number of nitrogens with zero attached hydrogens (tertiary/aromatic N) is 1. The molecule has 0 aliphatic rings. The van der Waals surface area contributed by atoms with Crippen LogP contribution in [0.3, 0.4) is 0 Å². The molecular formula is C14H16N2O4. The molecule has 1 aromatic carbocycles. The van der Waals surface area contributed by atoms with E-state index in [1.54, 1.807) is 12.1 Å². The van der Waals surface area contributed by atoms with Crippen molar-refractivity contribution in [3.63, 3.8) is 0 Å². The standard InChI is InChI=1S/C14H16N2O4/c1-3-20-12-6-9(4-5-11(12)17)14-15-10(8-19-2)7-13(18)16-14/h4-7,17H,3,8H2,1-2H3,(H,15,16,18). The minimum Gasteiger partial charge on any atom is -0.504 e. The van der Waals surface area contributed by atoms with Gasteiger partial charge in [-0.3, -0.25) is 4.79 Å². The maximum Gasteiger partial charge on any atom is 0.251 e. The number of ether oxygens (including phenoxy) is 2. The van der Waals surface area contributed by atoms with Gasteiger partial charge in [0.1, 0.15) is 5.82 Å². The molecule has 1 heterocycles. The quantitative estimate of drug-likeness (QED) is 0.868. The van der Waals surface area contributed by atoms with Crippen LogP contribution in [0.1, 0.15) is 12.6 Å². The van der Waals surface area contributed by atoms with Crippen molar-refractivity contribution in [1.82, 2.24) is 9.97 Å². The van der Waals surface area contributed by atoms with Gasteiger partial charge < -0.3 is 19.6 Å². The van der Waals surface area contributed by atoms with Crippen molar-refractivity contribution in [1.29, 1.82) is 0 Å². The van der Waals surface area contributed by atoms with Gasteiger partial charge >= 0.3 is 0 Å². The van der Waals surface area contributed by atoms with Crippen molar-refractivity contribution in [2.24, 2.45) is 0 Å². The molecule has 0 radical (unpaired) electrons. The molecule has 2 rings (SSSR count). The Hall–Kier alpha value is -2.34. The van der Waals surface area contributed by atoms with Gasteiger partial charge in [0, 0.05) is 18.7 Å². The zero-order valence-electron chi connectivity index (χ0n) is 11.3. The number of phenols is 1. The number of methoxy groups -OCH3 is 1. The molecule has 0 amide bonds. The van der Waals surface area contributed by atoms with Crippen LogP contribution in [0, 0.1) is 0 Å². The average Bonchev–Trinajstić information content (AvgIpc) is 2.41. The van der Waals surface area contributed by atoms with Gasteiger partial charge in [0.15, 0.2) is 11.5 Å². The molecule has 2 N–H and O–H groups in total. The van der Waals surface area contributed by atoms with Crippen molar-refractivity contribution < 1.29 is 14.6 Å². The van der Waals surface area contributed by atoms with E-state index in [0.717, 1.165) is 0 Å². The number of aromatic amines is 1. The largest absolute Gasteiger partial charge is 0.504 e. The van der Waals surface area contributed by atoms with Gasteiger partial charge in [0.25, 0.3) is 5.56 Å². The smallest absolute Gasteiger partial charge is 0.251 e. The van der Waals surface area contributed by atoms with Crippen molar-refractivity contribution in [2.45, 2.75) is 13.5 Å². The Labute approximate surface area is 116 Å². The number of rotatable bonds is 5. The fourth-order valence-corrected chi connectivity index (χ4v) is 1.80. The van der Waals surface area contributed by atoms with Crippen LogP contribution in [-0.4, -0.2) is 28.8 Å². The van der Waals surface area contributed by atoms with E-state index in [0.29, 0.717) is 29.4 Å². The van der Waals surface area contributed by atoms with E-state index in [4.69, 9.17) is 9.47 Å². The highest BCUT2D eigenvalue weighted by Gasteiger charge is 2.08. The Morgan fingerprint density at radius 1 is 1.35 bits per heavy atom. The zero-order chi connectivity index (χ0) is 14.5. The molecule has 1 aromatic heterocycles. The fourth-order valence-electron chi connectivity index (χ4n) is 1.80. The number of H-pyrrole nitrogens is 1. The average molecular weight is 276 g/mol. The van der Waals surface area contributed by atoms with Crippen LogP contribution in [0.15, 0.2) is 29.1 Å². The minimum absolute atomic E-state index is 0.0472. The summed E-state index contributed by atoms with van der Waals surface area (Å²) in [5.74, 6) is 0.807. The third-order valence-electron chi connectivity index (χ3n) is 2.62. The van der Waals surface area contributed by atoms with Gasteiger partial charge in [-0.2, -0.15) is 0 Å². The lowest BCUT2D eigenvalue weighted by Crippen LogP contribution is -2.10. The highest BCUT2D eigenvalue weighted by molar-refractivity contribution is 5.60. The second-order valence-corrected chi connectivity index (χ2v) is 4.13. The number of hydrogen-bond acceptors (Lipinski definition) is 5. The summed E-state index contributed by atoms with van der Waals surface area (Å²) in [5.41, 5.74) is 0.937. The molecule has 6 nitrogen and oxygen atoms in total. The number of nitrogens with one attached hydrogen (secondary N) is 1. The van der Waals surface area contributed by atoms with Gasteiger partial charge in [-0.05, 0) is 25.1 Å². The van der Waals surface area contributed by atoms with Gasteiger partial charge in [-0.25, -0.2) is 4.98 Å². The maximum absolute atomic E-state index is 11.6. The Morgan fingerprint density at radius 3 is 2.85 bits per heavy atom. The molecule has 0 spiro atoms. The number of aromatic nitrogens is 2. The summed E-state index contributed by atoms with van der Waals surface area (Å²) in [7, 11) is 1.54. The van der Waals surface area contributed by atoms with E-state index in [1.807, 2.05) is 6.92 Å². The highest BCUT2D eigenvalue weighted by atomic mass is 16.5. The van der Waals surface area contributed by atoms with E-state index in [2.05, 4.69) is 9.97 Å². The number of hydrogen-bond donors (Lipinski definition) is 2. The molecule has 0 atom stereocenters. The van der Waals surface area contributed by atoms with Crippen molar-refractivity contribution in [3.05, 3.63) is 40.3 Å². The van der Waals surface area contributed by atoms with Gasteiger partial charge in [-0.1, -0.05) is 0 Å². The molecule has 0 bridgehead atoms. The second-order valence-electron chi connectivity index (χ2n) is 4.13. The van der Waals surface area contributed by atoms with Crippen LogP contribution >= 0.6 is 0 Å². The van der Waals surface area contributed by atoms with Crippen LogP contribution in [0.2, 0.25) is 0 Å². The maximum atomic E-state index is 11.6. The molecular weight excluding hydrogens is 260 g/mol. The minimum atomic E-state index is -0.256. The Kier molecular flexibility index (Phi) is 4.37. The van der Waals surface area contributed by atoms with Crippen LogP contribution in [0.25, 0.3) is 11.4 Å². The second kappa shape index (κ2) is 6.21. The van der Waals surface area contributed by atoms with Crippen LogP contribution in [0.4, 0.5) is 0 Å². The van der Waals surface area contributed by atoms with E-state index in [9.17, 15) is 9.90 Å². The van der Waals surface area contributed by atoms with E-state index < -0.39 is 0 Å².